The van der Waals surface area contributed by atoms with Crippen molar-refractivity contribution in [1.29, 1.82) is 0 Å². The van der Waals surface area contributed by atoms with E-state index in [0.717, 1.165) is 5.56 Å². The maximum Gasteiger partial charge on any atom is 0.322 e. The quantitative estimate of drug-likeness (QED) is 0.467. The first kappa shape index (κ1) is 18.7. The minimum Gasteiger partial charge on any atom is -0.424 e. The van der Waals surface area contributed by atoms with Gasteiger partial charge >= 0.3 is 6.01 Å². The summed E-state index contributed by atoms with van der Waals surface area (Å²) in [5.41, 5.74) is 2.47. The van der Waals surface area contributed by atoms with Crippen LogP contribution in [-0.2, 0) is 11.5 Å². The minimum atomic E-state index is -0.320. The Kier molecular flexibility index (Phi) is 5.53. The number of rotatable bonds is 7. The Bertz CT molecular complexity index is 1080. The molecule has 2 aromatic carbocycles. The van der Waals surface area contributed by atoms with Crippen LogP contribution >= 0.6 is 0 Å². The largest absolute Gasteiger partial charge is 0.424 e. The molecule has 2 heterocycles. The average Bonchev–Trinajstić information content (AvgIpc) is 3.18. The molecular formula is C21H18FN5O2. The molecule has 0 fully saturated rings. The highest BCUT2D eigenvalue weighted by atomic mass is 19.1. The molecule has 0 unspecified atom stereocenters. The number of nitrogens with zero attached hydrogens (tertiary/aromatic N) is 5. The summed E-state index contributed by atoms with van der Waals surface area (Å²) >= 11 is 0. The fraction of sp³-hybridized carbons (Fsp3) is 0.143. The summed E-state index contributed by atoms with van der Waals surface area (Å²) in [6, 6.07) is 17.3. The summed E-state index contributed by atoms with van der Waals surface area (Å²) in [6.45, 7) is 2.64. The second kappa shape index (κ2) is 8.57. The lowest BCUT2D eigenvalue weighted by Gasteiger charge is -2.09. The molecule has 0 aliphatic heterocycles. The number of ether oxygens (including phenoxy) is 2. The summed E-state index contributed by atoms with van der Waals surface area (Å²) in [4.78, 5) is 8.64. The van der Waals surface area contributed by atoms with Crippen LogP contribution in [-0.4, -0.2) is 31.6 Å². The van der Waals surface area contributed by atoms with E-state index in [0.29, 0.717) is 29.4 Å². The minimum absolute atomic E-state index is 0.193. The molecule has 0 saturated heterocycles. The Morgan fingerprint density at radius 2 is 1.79 bits per heavy atom. The van der Waals surface area contributed by atoms with Crippen LogP contribution in [0.15, 0.2) is 66.9 Å². The first-order valence-corrected chi connectivity index (χ1v) is 9.08. The van der Waals surface area contributed by atoms with Gasteiger partial charge in [-0.25, -0.2) is 14.1 Å². The lowest BCUT2D eigenvalue weighted by Crippen LogP contribution is -2.06. The summed E-state index contributed by atoms with van der Waals surface area (Å²) in [6.07, 6.45) is 1.59. The molecule has 0 spiro atoms. The third-order valence-corrected chi connectivity index (χ3v) is 4.10. The van der Waals surface area contributed by atoms with E-state index in [-0.39, 0.29) is 18.6 Å². The fourth-order valence-electron chi connectivity index (χ4n) is 2.76. The average molecular weight is 391 g/mol. The van der Waals surface area contributed by atoms with Crippen LogP contribution in [0.4, 0.5) is 4.39 Å². The van der Waals surface area contributed by atoms with Gasteiger partial charge in [0.25, 0.3) is 0 Å². The lowest BCUT2D eigenvalue weighted by molar-refractivity contribution is 0.0790. The van der Waals surface area contributed by atoms with Crippen molar-refractivity contribution in [1.82, 2.24) is 25.0 Å². The Morgan fingerprint density at radius 1 is 1.00 bits per heavy atom. The van der Waals surface area contributed by atoms with Gasteiger partial charge in [-0.1, -0.05) is 23.4 Å². The standard InChI is InChI=1S/C21H18FN5O2/c1-2-28-14-27-20(15-8-10-16(22)11-9-15)19(25-26-27)18-12-13-23-21(24-18)29-17-6-4-3-5-7-17/h3-13H,2,14H2,1H3. The first-order chi connectivity index (χ1) is 14.2. The van der Waals surface area contributed by atoms with Crippen molar-refractivity contribution in [3.8, 4) is 34.4 Å². The fourth-order valence-corrected chi connectivity index (χ4v) is 2.76. The van der Waals surface area contributed by atoms with Gasteiger partial charge in [-0.2, -0.15) is 4.98 Å². The number of benzene rings is 2. The topological polar surface area (TPSA) is 75.0 Å². The Morgan fingerprint density at radius 3 is 2.55 bits per heavy atom. The molecule has 2 aromatic heterocycles. The van der Waals surface area contributed by atoms with Crippen LogP contribution in [0, 0.1) is 5.82 Å². The van der Waals surface area contributed by atoms with Crippen molar-refractivity contribution >= 4 is 0 Å². The first-order valence-electron chi connectivity index (χ1n) is 9.08. The number of aromatic nitrogens is 5. The van der Waals surface area contributed by atoms with Gasteiger partial charge in [-0.15, -0.1) is 5.10 Å². The molecule has 8 heteroatoms. The highest BCUT2D eigenvalue weighted by Gasteiger charge is 2.19. The Balaban J connectivity index is 1.73. The number of hydrogen-bond acceptors (Lipinski definition) is 6. The number of hydrogen-bond donors (Lipinski definition) is 0. The van der Waals surface area contributed by atoms with Gasteiger partial charge in [-0.05, 0) is 49.4 Å². The molecule has 0 amide bonds. The molecule has 146 valence electrons. The monoisotopic (exact) mass is 391 g/mol. The molecule has 0 aliphatic rings. The van der Waals surface area contributed by atoms with Crippen LogP contribution < -0.4 is 4.74 Å². The zero-order valence-corrected chi connectivity index (χ0v) is 15.7. The molecule has 4 aromatic rings. The molecule has 7 nitrogen and oxygen atoms in total. The highest BCUT2D eigenvalue weighted by molar-refractivity contribution is 5.76. The van der Waals surface area contributed by atoms with Crippen molar-refractivity contribution in [3.05, 3.63) is 72.7 Å². The van der Waals surface area contributed by atoms with E-state index in [9.17, 15) is 4.39 Å². The van der Waals surface area contributed by atoms with Gasteiger partial charge in [0.15, 0.2) is 0 Å². The van der Waals surface area contributed by atoms with Gasteiger partial charge in [-0.3, -0.25) is 0 Å². The summed E-state index contributed by atoms with van der Waals surface area (Å²) < 4.78 is 26.2. The second-order valence-electron chi connectivity index (χ2n) is 6.05. The number of halogens is 1. The maximum absolute atomic E-state index is 13.4. The molecule has 0 aliphatic carbocycles. The number of para-hydroxylation sites is 1. The molecule has 0 saturated carbocycles. The molecule has 0 bridgehead atoms. The highest BCUT2D eigenvalue weighted by Crippen LogP contribution is 2.30. The SMILES string of the molecule is CCOCn1nnc(-c2ccnc(Oc3ccccc3)n2)c1-c1ccc(F)cc1. The Labute approximate surface area is 166 Å². The van der Waals surface area contributed by atoms with Gasteiger partial charge in [0.2, 0.25) is 0 Å². The summed E-state index contributed by atoms with van der Waals surface area (Å²) in [5, 5.41) is 8.47. The van der Waals surface area contributed by atoms with Crippen LogP contribution in [0.25, 0.3) is 22.6 Å². The van der Waals surface area contributed by atoms with Crippen molar-refractivity contribution in [2.45, 2.75) is 13.7 Å². The third-order valence-electron chi connectivity index (χ3n) is 4.10. The van der Waals surface area contributed by atoms with E-state index in [4.69, 9.17) is 9.47 Å². The van der Waals surface area contributed by atoms with E-state index in [2.05, 4.69) is 20.3 Å². The van der Waals surface area contributed by atoms with E-state index in [1.54, 1.807) is 29.1 Å². The van der Waals surface area contributed by atoms with Crippen LogP contribution in [0.5, 0.6) is 11.8 Å². The third kappa shape index (κ3) is 4.27. The predicted molar refractivity (Wildman–Crippen MR) is 105 cm³/mol. The smallest absolute Gasteiger partial charge is 0.322 e. The molecular weight excluding hydrogens is 373 g/mol. The van der Waals surface area contributed by atoms with Crippen molar-refractivity contribution in [2.75, 3.05) is 6.61 Å². The van der Waals surface area contributed by atoms with E-state index >= 15 is 0 Å². The van der Waals surface area contributed by atoms with E-state index in [1.807, 2.05) is 37.3 Å². The normalized spacial score (nSPS) is 10.8. The summed E-state index contributed by atoms with van der Waals surface area (Å²) in [5.74, 6) is 0.308. The van der Waals surface area contributed by atoms with E-state index < -0.39 is 0 Å². The van der Waals surface area contributed by atoms with Crippen LogP contribution in [0.1, 0.15) is 6.92 Å². The molecule has 29 heavy (non-hydrogen) atoms. The zero-order chi connectivity index (χ0) is 20.1. The van der Waals surface area contributed by atoms with Gasteiger partial charge in [0, 0.05) is 18.4 Å². The predicted octanol–water partition coefficient (Wildman–Crippen LogP) is 4.33. The van der Waals surface area contributed by atoms with Crippen LogP contribution in [0.2, 0.25) is 0 Å². The molecule has 4 rings (SSSR count). The molecule has 0 N–H and O–H groups in total. The lowest BCUT2D eigenvalue weighted by atomic mass is 10.1. The maximum atomic E-state index is 13.4. The van der Waals surface area contributed by atoms with Crippen molar-refractivity contribution < 1.29 is 13.9 Å². The van der Waals surface area contributed by atoms with Crippen LogP contribution in [0.3, 0.4) is 0 Å². The van der Waals surface area contributed by atoms with Gasteiger partial charge < -0.3 is 9.47 Å². The second-order valence-corrected chi connectivity index (χ2v) is 6.05. The molecule has 0 radical (unpaired) electrons. The van der Waals surface area contributed by atoms with Gasteiger partial charge in [0.1, 0.15) is 35.4 Å². The van der Waals surface area contributed by atoms with Crippen molar-refractivity contribution in [3.63, 3.8) is 0 Å². The zero-order valence-electron chi connectivity index (χ0n) is 15.7. The Hall–Kier alpha value is -3.65. The summed E-state index contributed by atoms with van der Waals surface area (Å²) in [7, 11) is 0. The van der Waals surface area contributed by atoms with E-state index in [1.165, 1.54) is 12.1 Å². The van der Waals surface area contributed by atoms with Gasteiger partial charge in [0.05, 0.1) is 0 Å². The van der Waals surface area contributed by atoms with Crippen molar-refractivity contribution in [2.24, 2.45) is 0 Å². The molecule has 0 atom stereocenters.